The van der Waals surface area contributed by atoms with Crippen molar-refractivity contribution in [1.82, 2.24) is 5.32 Å². The SMILES string of the molecule is CC1C=C2C(=CC1)NC(=O)C2(O)c1ccc(S)cc1. The minimum atomic E-state index is -1.58. The molecule has 1 aliphatic heterocycles. The highest BCUT2D eigenvalue weighted by molar-refractivity contribution is 7.80. The molecule has 4 heteroatoms. The number of allylic oxidation sites excluding steroid dienone is 2. The highest BCUT2D eigenvalue weighted by Crippen LogP contribution is 2.41. The minimum Gasteiger partial charge on any atom is -0.372 e. The molecule has 1 amide bonds. The molecule has 98 valence electrons. The normalized spacial score (nSPS) is 29.4. The molecule has 0 bridgehead atoms. The van der Waals surface area contributed by atoms with Crippen molar-refractivity contribution in [2.75, 3.05) is 0 Å². The molecule has 1 saturated heterocycles. The lowest BCUT2D eigenvalue weighted by Gasteiger charge is -2.24. The van der Waals surface area contributed by atoms with Gasteiger partial charge in [-0.3, -0.25) is 4.79 Å². The Hall–Kier alpha value is -1.52. The van der Waals surface area contributed by atoms with Crippen molar-refractivity contribution in [2.24, 2.45) is 5.92 Å². The smallest absolute Gasteiger partial charge is 0.265 e. The van der Waals surface area contributed by atoms with Crippen LogP contribution in [0.3, 0.4) is 0 Å². The van der Waals surface area contributed by atoms with E-state index in [2.05, 4.69) is 24.9 Å². The Balaban J connectivity index is 2.14. The fourth-order valence-electron chi connectivity index (χ4n) is 2.61. The van der Waals surface area contributed by atoms with Crippen LogP contribution < -0.4 is 5.32 Å². The van der Waals surface area contributed by atoms with Gasteiger partial charge in [0.2, 0.25) is 0 Å². The second kappa shape index (κ2) is 4.25. The fraction of sp³-hybridized carbons (Fsp3) is 0.267. The number of amides is 1. The lowest BCUT2D eigenvalue weighted by atomic mass is 9.82. The van der Waals surface area contributed by atoms with Crippen LogP contribution >= 0.6 is 12.6 Å². The third-order valence-corrected chi connectivity index (χ3v) is 3.98. The van der Waals surface area contributed by atoms with Gasteiger partial charge in [-0.15, -0.1) is 12.6 Å². The van der Waals surface area contributed by atoms with Gasteiger partial charge in [0.15, 0.2) is 5.60 Å². The average Bonchev–Trinajstić information content (AvgIpc) is 2.64. The molecule has 1 fully saturated rings. The fourth-order valence-corrected chi connectivity index (χ4v) is 2.76. The molecular formula is C15H15NO2S. The standard InChI is InChI=1S/C15H15NO2S/c1-9-2-7-13-12(8-9)15(18,14(17)16-13)10-3-5-11(19)6-4-10/h3-9,18-19H,2H2,1H3,(H,16,17). The molecule has 3 rings (SSSR count). The molecule has 0 saturated carbocycles. The van der Waals surface area contributed by atoms with E-state index in [0.29, 0.717) is 17.1 Å². The Morgan fingerprint density at radius 3 is 2.74 bits per heavy atom. The largest absolute Gasteiger partial charge is 0.372 e. The van der Waals surface area contributed by atoms with Gasteiger partial charge in [0.25, 0.3) is 5.91 Å². The number of aliphatic hydroxyl groups is 1. The number of hydrogen-bond donors (Lipinski definition) is 3. The van der Waals surface area contributed by atoms with E-state index in [1.807, 2.05) is 12.2 Å². The number of hydrogen-bond acceptors (Lipinski definition) is 3. The topological polar surface area (TPSA) is 49.3 Å². The van der Waals surface area contributed by atoms with Crippen molar-refractivity contribution in [3.63, 3.8) is 0 Å². The second-order valence-electron chi connectivity index (χ2n) is 5.12. The number of rotatable bonds is 1. The highest BCUT2D eigenvalue weighted by atomic mass is 32.1. The first-order valence-electron chi connectivity index (χ1n) is 6.28. The van der Waals surface area contributed by atoms with E-state index in [1.54, 1.807) is 24.3 Å². The lowest BCUT2D eigenvalue weighted by molar-refractivity contribution is -0.133. The van der Waals surface area contributed by atoms with Gasteiger partial charge >= 0.3 is 0 Å². The van der Waals surface area contributed by atoms with Gasteiger partial charge in [-0.25, -0.2) is 0 Å². The number of nitrogens with one attached hydrogen (secondary N) is 1. The van der Waals surface area contributed by atoms with Gasteiger partial charge in [0.05, 0.1) is 0 Å². The molecule has 0 spiro atoms. The lowest BCUT2D eigenvalue weighted by Crippen LogP contribution is -2.36. The molecule has 2 unspecified atom stereocenters. The summed E-state index contributed by atoms with van der Waals surface area (Å²) in [6.45, 7) is 2.07. The zero-order valence-corrected chi connectivity index (χ0v) is 11.4. The predicted octanol–water partition coefficient (Wildman–Crippen LogP) is 2.14. The first kappa shape index (κ1) is 12.5. The summed E-state index contributed by atoms with van der Waals surface area (Å²) >= 11 is 4.22. The molecular weight excluding hydrogens is 258 g/mol. The summed E-state index contributed by atoms with van der Waals surface area (Å²) in [6, 6.07) is 7.03. The number of benzene rings is 1. The Morgan fingerprint density at radius 1 is 1.37 bits per heavy atom. The molecule has 1 aromatic carbocycles. The van der Waals surface area contributed by atoms with E-state index < -0.39 is 5.60 Å². The zero-order valence-electron chi connectivity index (χ0n) is 10.6. The molecule has 0 radical (unpaired) electrons. The maximum absolute atomic E-state index is 12.2. The van der Waals surface area contributed by atoms with E-state index in [4.69, 9.17) is 0 Å². The number of carbonyl (C=O) groups is 1. The van der Waals surface area contributed by atoms with Crippen molar-refractivity contribution in [3.8, 4) is 0 Å². The van der Waals surface area contributed by atoms with Crippen LogP contribution in [0.5, 0.6) is 0 Å². The van der Waals surface area contributed by atoms with Crippen LogP contribution in [0.2, 0.25) is 0 Å². The van der Waals surface area contributed by atoms with Gasteiger partial charge in [-0.05, 0) is 30.0 Å². The van der Waals surface area contributed by atoms with Crippen LogP contribution in [-0.2, 0) is 10.4 Å². The van der Waals surface area contributed by atoms with E-state index in [9.17, 15) is 9.90 Å². The van der Waals surface area contributed by atoms with Crippen molar-refractivity contribution in [1.29, 1.82) is 0 Å². The molecule has 1 aromatic rings. The van der Waals surface area contributed by atoms with Crippen molar-refractivity contribution in [2.45, 2.75) is 23.8 Å². The molecule has 0 aromatic heterocycles. The number of thiol groups is 1. The van der Waals surface area contributed by atoms with Crippen LogP contribution in [-0.4, -0.2) is 11.0 Å². The Labute approximate surface area is 117 Å². The molecule has 1 heterocycles. The Morgan fingerprint density at radius 2 is 2.05 bits per heavy atom. The third kappa shape index (κ3) is 1.83. The summed E-state index contributed by atoms with van der Waals surface area (Å²) < 4.78 is 0. The Kier molecular flexibility index (Phi) is 2.80. The van der Waals surface area contributed by atoms with Crippen molar-refractivity contribution in [3.05, 3.63) is 53.3 Å². The number of fused-ring (bicyclic) bond motifs is 1. The van der Waals surface area contributed by atoms with E-state index >= 15 is 0 Å². The number of carbonyl (C=O) groups excluding carboxylic acids is 1. The maximum atomic E-state index is 12.2. The Bertz CT molecular complexity index is 603. The molecule has 1 aliphatic carbocycles. The van der Waals surface area contributed by atoms with Gasteiger partial charge in [0.1, 0.15) is 0 Å². The predicted molar refractivity (Wildman–Crippen MR) is 75.7 cm³/mol. The van der Waals surface area contributed by atoms with E-state index in [1.165, 1.54) is 0 Å². The third-order valence-electron chi connectivity index (χ3n) is 3.69. The van der Waals surface area contributed by atoms with Crippen LogP contribution in [0.4, 0.5) is 0 Å². The first-order chi connectivity index (χ1) is 9.01. The van der Waals surface area contributed by atoms with Gasteiger partial charge < -0.3 is 10.4 Å². The van der Waals surface area contributed by atoms with Crippen molar-refractivity contribution >= 4 is 18.5 Å². The molecule has 3 nitrogen and oxygen atoms in total. The first-order valence-corrected chi connectivity index (χ1v) is 6.72. The monoisotopic (exact) mass is 273 g/mol. The van der Waals surface area contributed by atoms with Gasteiger partial charge in [-0.2, -0.15) is 0 Å². The van der Waals surface area contributed by atoms with Gasteiger partial charge in [0, 0.05) is 16.2 Å². The summed E-state index contributed by atoms with van der Waals surface area (Å²) in [6.07, 6.45) is 4.83. The van der Waals surface area contributed by atoms with E-state index in [0.717, 1.165) is 17.0 Å². The highest BCUT2D eigenvalue weighted by Gasteiger charge is 2.49. The summed E-state index contributed by atoms with van der Waals surface area (Å²) in [7, 11) is 0. The summed E-state index contributed by atoms with van der Waals surface area (Å²) in [5.41, 5.74) is 0.400. The summed E-state index contributed by atoms with van der Waals surface area (Å²) in [4.78, 5) is 13.0. The van der Waals surface area contributed by atoms with Gasteiger partial charge in [-0.1, -0.05) is 31.2 Å². The van der Waals surface area contributed by atoms with Crippen LogP contribution in [0, 0.1) is 5.92 Å². The summed E-state index contributed by atoms with van der Waals surface area (Å²) in [5, 5.41) is 13.7. The molecule has 2 N–H and O–H groups in total. The van der Waals surface area contributed by atoms with Crippen molar-refractivity contribution < 1.29 is 9.90 Å². The maximum Gasteiger partial charge on any atom is 0.265 e. The van der Waals surface area contributed by atoms with E-state index in [-0.39, 0.29) is 5.91 Å². The average molecular weight is 273 g/mol. The van der Waals surface area contributed by atoms with Crippen LogP contribution in [0.1, 0.15) is 18.9 Å². The van der Waals surface area contributed by atoms with Crippen LogP contribution in [0.25, 0.3) is 0 Å². The quantitative estimate of drug-likeness (QED) is 0.687. The molecule has 19 heavy (non-hydrogen) atoms. The zero-order chi connectivity index (χ0) is 13.6. The minimum absolute atomic E-state index is 0.321. The summed E-state index contributed by atoms with van der Waals surface area (Å²) in [5.74, 6) is -0.0619. The molecule has 2 aliphatic rings. The van der Waals surface area contributed by atoms with Crippen LogP contribution in [0.15, 0.2) is 52.6 Å². The second-order valence-corrected chi connectivity index (χ2v) is 5.64. The molecule has 2 atom stereocenters.